The fourth-order valence-electron chi connectivity index (χ4n) is 4.52. The number of carbonyl (C=O) groups excluding carboxylic acids is 2. The third kappa shape index (κ3) is 4.66. The van der Waals surface area contributed by atoms with Gasteiger partial charge in [-0.05, 0) is 61.2 Å². The van der Waals surface area contributed by atoms with Crippen LogP contribution in [0.25, 0.3) is 0 Å². The molecule has 2 aromatic carbocycles. The molecule has 2 amide bonds. The van der Waals surface area contributed by atoms with Gasteiger partial charge in [0.25, 0.3) is 10.0 Å². The number of benzene rings is 2. The summed E-state index contributed by atoms with van der Waals surface area (Å²) in [5.74, 6) is -0.880. The third-order valence-corrected chi connectivity index (χ3v) is 8.70. The van der Waals surface area contributed by atoms with Crippen molar-refractivity contribution in [2.75, 3.05) is 4.72 Å². The molecule has 2 aliphatic rings. The zero-order valence-electron chi connectivity index (χ0n) is 18.0. The Labute approximate surface area is 193 Å². The monoisotopic (exact) mass is 491 g/mol. The van der Waals surface area contributed by atoms with Crippen LogP contribution in [-0.4, -0.2) is 33.5 Å². The summed E-state index contributed by atoms with van der Waals surface area (Å²) in [5, 5.41) is 5.07. The van der Waals surface area contributed by atoms with E-state index in [4.69, 9.17) is 5.14 Å². The van der Waals surface area contributed by atoms with Crippen LogP contribution in [0.1, 0.15) is 36.8 Å². The Morgan fingerprint density at radius 1 is 0.939 bits per heavy atom. The van der Waals surface area contributed by atoms with Gasteiger partial charge in [0.1, 0.15) is 0 Å². The zero-order valence-corrected chi connectivity index (χ0v) is 19.7. The van der Waals surface area contributed by atoms with E-state index in [9.17, 15) is 26.4 Å². The van der Waals surface area contributed by atoms with Crippen molar-refractivity contribution in [1.82, 2.24) is 4.90 Å². The lowest BCUT2D eigenvalue weighted by atomic mass is 9.81. The number of fused-ring (bicyclic) bond motifs is 1. The highest BCUT2D eigenvalue weighted by Gasteiger charge is 2.47. The summed E-state index contributed by atoms with van der Waals surface area (Å²) in [6, 6.07) is 9.82. The lowest BCUT2D eigenvalue weighted by Crippen LogP contribution is -2.30. The number of hydrogen-bond donors (Lipinski definition) is 2. The minimum atomic E-state index is -4.02. The molecule has 0 spiro atoms. The Bertz CT molecular complexity index is 1300. The van der Waals surface area contributed by atoms with Crippen LogP contribution in [0.15, 0.2) is 52.3 Å². The standard InChI is InChI=1S/C22H25N3O6S2/c1-14-6-7-15(13-25-21(26)18-4-2-3-5-19(18)22(25)27)12-20(14)33(30,31)24-16-8-10-17(11-9-16)32(23,28)29/h6-12,18-19,24H,2-5,13H2,1H3,(H2,23,28,29)/t18-,19-/m0/s1. The number of carbonyl (C=O) groups is 2. The summed E-state index contributed by atoms with van der Waals surface area (Å²) in [5.41, 5.74) is 1.19. The smallest absolute Gasteiger partial charge is 0.262 e. The maximum absolute atomic E-state index is 13.0. The molecular formula is C22H25N3O6S2. The molecule has 1 saturated heterocycles. The van der Waals surface area contributed by atoms with E-state index in [2.05, 4.69) is 4.72 Å². The predicted molar refractivity (Wildman–Crippen MR) is 121 cm³/mol. The summed E-state index contributed by atoms with van der Waals surface area (Å²) in [6.45, 7) is 1.67. The number of nitrogens with two attached hydrogens (primary N) is 1. The van der Waals surface area contributed by atoms with Gasteiger partial charge >= 0.3 is 0 Å². The minimum Gasteiger partial charge on any atom is -0.280 e. The topological polar surface area (TPSA) is 144 Å². The van der Waals surface area contributed by atoms with E-state index < -0.39 is 20.0 Å². The molecular weight excluding hydrogens is 466 g/mol. The number of sulfonamides is 2. The van der Waals surface area contributed by atoms with Gasteiger partial charge < -0.3 is 0 Å². The Morgan fingerprint density at radius 2 is 1.52 bits per heavy atom. The number of hydrogen-bond acceptors (Lipinski definition) is 6. The van der Waals surface area contributed by atoms with Gasteiger partial charge in [0.15, 0.2) is 0 Å². The molecule has 33 heavy (non-hydrogen) atoms. The third-order valence-electron chi connectivity index (χ3n) is 6.25. The van der Waals surface area contributed by atoms with Crippen LogP contribution < -0.4 is 9.86 Å². The van der Waals surface area contributed by atoms with Gasteiger partial charge in [-0.25, -0.2) is 22.0 Å². The van der Waals surface area contributed by atoms with Crippen LogP contribution in [0.4, 0.5) is 5.69 Å². The fraction of sp³-hybridized carbons (Fsp3) is 0.364. The van der Waals surface area contributed by atoms with E-state index in [1.165, 1.54) is 35.2 Å². The molecule has 0 radical (unpaired) electrons. The summed E-state index contributed by atoms with van der Waals surface area (Å²) < 4.78 is 51.3. The highest BCUT2D eigenvalue weighted by molar-refractivity contribution is 7.92. The maximum Gasteiger partial charge on any atom is 0.262 e. The first kappa shape index (κ1) is 23.4. The average Bonchev–Trinajstić information content (AvgIpc) is 2.99. The lowest BCUT2D eigenvalue weighted by molar-refractivity contribution is -0.140. The molecule has 1 saturated carbocycles. The maximum atomic E-state index is 13.0. The summed E-state index contributed by atoms with van der Waals surface area (Å²) in [7, 11) is -7.91. The predicted octanol–water partition coefficient (Wildman–Crippen LogP) is 2.12. The number of likely N-dealkylation sites (tertiary alicyclic amines) is 1. The van der Waals surface area contributed by atoms with Gasteiger partial charge in [-0.15, -0.1) is 0 Å². The number of rotatable bonds is 6. The molecule has 0 unspecified atom stereocenters. The van der Waals surface area contributed by atoms with E-state index in [0.717, 1.165) is 12.8 Å². The van der Waals surface area contributed by atoms with E-state index in [1.54, 1.807) is 19.1 Å². The van der Waals surface area contributed by atoms with Crippen molar-refractivity contribution >= 4 is 37.5 Å². The molecule has 0 aromatic heterocycles. The first-order valence-electron chi connectivity index (χ1n) is 10.6. The van der Waals surface area contributed by atoms with Crippen LogP contribution in [0.3, 0.4) is 0 Å². The second kappa shape index (κ2) is 8.54. The Balaban J connectivity index is 1.56. The molecule has 2 atom stereocenters. The van der Waals surface area contributed by atoms with Gasteiger partial charge in [-0.3, -0.25) is 19.2 Å². The fourth-order valence-corrected chi connectivity index (χ4v) is 6.39. The molecule has 3 N–H and O–H groups in total. The summed E-state index contributed by atoms with van der Waals surface area (Å²) in [4.78, 5) is 26.7. The molecule has 1 heterocycles. The summed E-state index contributed by atoms with van der Waals surface area (Å²) in [6.07, 6.45) is 3.30. The van der Waals surface area contributed by atoms with Crippen molar-refractivity contribution in [3.8, 4) is 0 Å². The number of amides is 2. The number of primary sulfonamides is 1. The SMILES string of the molecule is Cc1ccc(CN2C(=O)[C@H]3CCCC[C@@H]3C2=O)cc1S(=O)(=O)Nc1ccc(S(N)(=O)=O)cc1. The molecule has 9 nitrogen and oxygen atoms in total. The highest BCUT2D eigenvalue weighted by atomic mass is 32.2. The van der Waals surface area contributed by atoms with Crippen molar-refractivity contribution in [1.29, 1.82) is 0 Å². The van der Waals surface area contributed by atoms with Gasteiger partial charge in [-0.2, -0.15) is 0 Å². The van der Waals surface area contributed by atoms with Gasteiger partial charge in [0, 0.05) is 5.69 Å². The number of imide groups is 1. The molecule has 0 bridgehead atoms. The Morgan fingerprint density at radius 3 is 2.06 bits per heavy atom. The van der Waals surface area contributed by atoms with Gasteiger partial charge in [0.2, 0.25) is 21.8 Å². The van der Waals surface area contributed by atoms with E-state index in [0.29, 0.717) is 24.0 Å². The number of nitrogens with zero attached hydrogens (tertiary/aromatic N) is 1. The van der Waals surface area contributed by atoms with Crippen molar-refractivity contribution < 1.29 is 26.4 Å². The normalized spacial score (nSPS) is 21.2. The van der Waals surface area contributed by atoms with Crippen LogP contribution in [0, 0.1) is 18.8 Å². The number of anilines is 1. The minimum absolute atomic E-state index is 0.00651. The van der Waals surface area contributed by atoms with Crippen molar-refractivity contribution in [3.63, 3.8) is 0 Å². The van der Waals surface area contributed by atoms with Crippen LogP contribution in [-0.2, 0) is 36.2 Å². The van der Waals surface area contributed by atoms with Gasteiger partial charge in [0.05, 0.1) is 28.2 Å². The van der Waals surface area contributed by atoms with Crippen LogP contribution in [0.2, 0.25) is 0 Å². The van der Waals surface area contributed by atoms with Crippen molar-refractivity contribution in [3.05, 3.63) is 53.6 Å². The van der Waals surface area contributed by atoms with Crippen LogP contribution >= 0.6 is 0 Å². The first-order chi connectivity index (χ1) is 15.5. The van der Waals surface area contributed by atoms with Gasteiger partial charge in [-0.1, -0.05) is 25.0 Å². The largest absolute Gasteiger partial charge is 0.280 e. The molecule has 176 valence electrons. The Kier molecular flexibility index (Phi) is 6.06. The molecule has 11 heteroatoms. The first-order valence-corrected chi connectivity index (χ1v) is 13.6. The quantitative estimate of drug-likeness (QED) is 0.592. The van der Waals surface area contributed by atoms with Crippen molar-refractivity contribution in [2.45, 2.75) is 48.9 Å². The summed E-state index contributed by atoms with van der Waals surface area (Å²) >= 11 is 0. The van der Waals surface area contributed by atoms with Crippen molar-refractivity contribution in [2.24, 2.45) is 17.0 Å². The average molecular weight is 492 g/mol. The van der Waals surface area contributed by atoms with Crippen LogP contribution in [0.5, 0.6) is 0 Å². The van der Waals surface area contributed by atoms with E-state index >= 15 is 0 Å². The highest BCUT2D eigenvalue weighted by Crippen LogP contribution is 2.38. The van der Waals surface area contributed by atoms with E-state index in [1.807, 2.05) is 0 Å². The molecule has 1 aliphatic carbocycles. The molecule has 1 aliphatic heterocycles. The molecule has 2 aromatic rings. The zero-order chi connectivity index (χ0) is 24.0. The Hall–Kier alpha value is -2.76. The molecule has 2 fully saturated rings. The second-order valence-electron chi connectivity index (χ2n) is 8.53. The molecule has 4 rings (SSSR count). The second-order valence-corrected chi connectivity index (χ2v) is 11.7. The van der Waals surface area contributed by atoms with E-state index in [-0.39, 0.29) is 45.7 Å². The number of aryl methyl sites for hydroxylation is 1. The number of nitrogens with one attached hydrogen (secondary N) is 1. The lowest BCUT2D eigenvalue weighted by Gasteiger charge is -2.19.